The molecule has 0 amide bonds. The van der Waals surface area contributed by atoms with E-state index in [0.29, 0.717) is 23.5 Å². The van der Waals surface area contributed by atoms with E-state index in [9.17, 15) is 9.59 Å². The average molecular weight is 350 g/mol. The van der Waals surface area contributed by atoms with E-state index in [0.717, 1.165) is 16.3 Å². The molecule has 5 heteroatoms. The van der Waals surface area contributed by atoms with Crippen LogP contribution in [0.15, 0.2) is 60.7 Å². The fourth-order valence-electron chi connectivity index (χ4n) is 2.80. The maximum absolute atomic E-state index is 11.9. The first-order valence-electron chi connectivity index (χ1n) is 8.10. The number of carbonyl (C=O) groups is 2. The van der Waals surface area contributed by atoms with Gasteiger partial charge in [0.1, 0.15) is 12.4 Å². The minimum absolute atomic E-state index is 0.175. The lowest BCUT2D eigenvalue weighted by atomic mass is 9.98. The average Bonchev–Trinajstić information content (AvgIpc) is 2.65. The lowest BCUT2D eigenvalue weighted by Crippen LogP contribution is -2.06. The van der Waals surface area contributed by atoms with E-state index in [-0.39, 0.29) is 6.42 Å². The Morgan fingerprint density at radius 2 is 1.77 bits per heavy atom. The number of methoxy groups -OCH3 is 1. The van der Waals surface area contributed by atoms with Crippen molar-refractivity contribution < 1.29 is 24.2 Å². The molecule has 0 aromatic heterocycles. The molecule has 5 nitrogen and oxygen atoms in total. The van der Waals surface area contributed by atoms with Gasteiger partial charge in [-0.1, -0.05) is 36.4 Å². The topological polar surface area (TPSA) is 72.8 Å². The van der Waals surface area contributed by atoms with Gasteiger partial charge in [-0.05, 0) is 46.2 Å². The van der Waals surface area contributed by atoms with Crippen molar-refractivity contribution >= 4 is 22.7 Å². The molecule has 0 spiro atoms. The quantitative estimate of drug-likeness (QED) is 0.684. The van der Waals surface area contributed by atoms with Crippen molar-refractivity contribution in [1.82, 2.24) is 0 Å². The first-order chi connectivity index (χ1) is 12.6. The first kappa shape index (κ1) is 17.5. The summed E-state index contributed by atoms with van der Waals surface area (Å²) in [5.41, 5.74) is 1.92. The number of rotatable bonds is 6. The number of benzene rings is 3. The minimum atomic E-state index is -0.960. The molecule has 0 saturated heterocycles. The predicted octanol–water partition coefficient (Wildman–Crippen LogP) is 3.83. The third kappa shape index (κ3) is 4.00. The second-order valence-corrected chi connectivity index (χ2v) is 5.85. The van der Waals surface area contributed by atoms with Crippen molar-refractivity contribution in [3.63, 3.8) is 0 Å². The highest BCUT2D eigenvalue weighted by Crippen LogP contribution is 2.27. The Morgan fingerprint density at radius 1 is 1.00 bits per heavy atom. The van der Waals surface area contributed by atoms with Gasteiger partial charge in [-0.2, -0.15) is 0 Å². The largest absolute Gasteiger partial charge is 0.489 e. The van der Waals surface area contributed by atoms with Crippen LogP contribution in [0.3, 0.4) is 0 Å². The molecular formula is C21H18O5. The van der Waals surface area contributed by atoms with Gasteiger partial charge in [0.15, 0.2) is 0 Å². The van der Waals surface area contributed by atoms with Crippen LogP contribution in [0, 0.1) is 0 Å². The molecule has 0 radical (unpaired) electrons. The SMILES string of the molecule is COC(=O)c1cc(CC(=O)O)c2ccc(OCc3ccccc3)cc2c1. The summed E-state index contributed by atoms with van der Waals surface area (Å²) >= 11 is 0. The highest BCUT2D eigenvalue weighted by Gasteiger charge is 2.13. The highest BCUT2D eigenvalue weighted by molar-refractivity contribution is 5.98. The molecule has 132 valence electrons. The fourth-order valence-corrected chi connectivity index (χ4v) is 2.80. The molecule has 0 fully saturated rings. The molecule has 0 atom stereocenters. The summed E-state index contributed by atoms with van der Waals surface area (Å²) in [6.07, 6.45) is -0.175. The summed E-state index contributed by atoms with van der Waals surface area (Å²) in [5, 5.41) is 10.6. The molecule has 26 heavy (non-hydrogen) atoms. The Hall–Kier alpha value is -3.34. The minimum Gasteiger partial charge on any atom is -0.489 e. The number of hydrogen-bond acceptors (Lipinski definition) is 4. The smallest absolute Gasteiger partial charge is 0.337 e. The molecule has 0 saturated carbocycles. The van der Waals surface area contributed by atoms with E-state index >= 15 is 0 Å². The molecule has 3 aromatic carbocycles. The molecule has 3 rings (SSSR count). The van der Waals surface area contributed by atoms with Gasteiger partial charge >= 0.3 is 11.9 Å². The van der Waals surface area contributed by atoms with Crippen molar-refractivity contribution in [3.8, 4) is 5.75 Å². The number of carboxylic acids is 1. The van der Waals surface area contributed by atoms with Crippen LogP contribution in [-0.4, -0.2) is 24.2 Å². The van der Waals surface area contributed by atoms with Crippen molar-refractivity contribution in [2.75, 3.05) is 7.11 Å². The van der Waals surface area contributed by atoms with Crippen molar-refractivity contribution in [2.45, 2.75) is 13.0 Å². The maximum atomic E-state index is 11.9. The number of hydrogen-bond donors (Lipinski definition) is 1. The number of carbonyl (C=O) groups excluding carboxylic acids is 1. The van der Waals surface area contributed by atoms with Crippen molar-refractivity contribution in [1.29, 1.82) is 0 Å². The van der Waals surface area contributed by atoms with E-state index in [1.807, 2.05) is 36.4 Å². The highest BCUT2D eigenvalue weighted by atomic mass is 16.5. The van der Waals surface area contributed by atoms with Gasteiger partial charge in [-0.3, -0.25) is 4.79 Å². The first-order valence-corrected chi connectivity index (χ1v) is 8.10. The van der Waals surface area contributed by atoms with Gasteiger partial charge in [0, 0.05) is 0 Å². The number of aliphatic carboxylic acids is 1. The van der Waals surface area contributed by atoms with Crippen molar-refractivity contribution in [2.24, 2.45) is 0 Å². The van der Waals surface area contributed by atoms with Crippen LogP contribution in [0.4, 0.5) is 0 Å². The number of ether oxygens (including phenoxy) is 2. The van der Waals surface area contributed by atoms with Gasteiger partial charge in [-0.25, -0.2) is 4.79 Å². The van der Waals surface area contributed by atoms with Crippen LogP contribution in [0.25, 0.3) is 10.8 Å². The standard InChI is InChI=1S/C21H18O5/c1-25-21(24)17-9-15-11-18(26-13-14-5-3-2-4-6-14)7-8-19(15)16(10-17)12-20(22)23/h2-11H,12-13H2,1H3,(H,22,23). The second-order valence-electron chi connectivity index (χ2n) is 5.85. The van der Waals surface area contributed by atoms with Gasteiger partial charge in [-0.15, -0.1) is 0 Å². The Morgan fingerprint density at radius 3 is 2.46 bits per heavy atom. The van der Waals surface area contributed by atoms with Gasteiger partial charge in [0.25, 0.3) is 0 Å². The van der Waals surface area contributed by atoms with Crippen LogP contribution < -0.4 is 4.74 Å². The van der Waals surface area contributed by atoms with E-state index in [4.69, 9.17) is 14.6 Å². The molecule has 0 bridgehead atoms. The lowest BCUT2D eigenvalue weighted by molar-refractivity contribution is -0.136. The third-order valence-electron chi connectivity index (χ3n) is 4.02. The molecule has 1 N–H and O–H groups in total. The Balaban J connectivity index is 1.96. The maximum Gasteiger partial charge on any atom is 0.337 e. The summed E-state index contributed by atoms with van der Waals surface area (Å²) in [6.45, 7) is 0.422. The van der Waals surface area contributed by atoms with E-state index in [1.165, 1.54) is 7.11 Å². The summed E-state index contributed by atoms with van der Waals surface area (Å²) in [6, 6.07) is 18.4. The molecule has 0 aliphatic carbocycles. The summed E-state index contributed by atoms with van der Waals surface area (Å²) in [7, 11) is 1.29. The Kier molecular flexibility index (Phi) is 5.17. The van der Waals surface area contributed by atoms with Crippen LogP contribution in [0.2, 0.25) is 0 Å². The van der Waals surface area contributed by atoms with Gasteiger partial charge in [0.05, 0.1) is 19.1 Å². The number of fused-ring (bicyclic) bond motifs is 1. The van der Waals surface area contributed by atoms with Crippen LogP contribution in [-0.2, 0) is 22.6 Å². The van der Waals surface area contributed by atoms with E-state index < -0.39 is 11.9 Å². The summed E-state index contributed by atoms with van der Waals surface area (Å²) in [4.78, 5) is 23.0. The summed E-state index contributed by atoms with van der Waals surface area (Å²) < 4.78 is 10.6. The monoisotopic (exact) mass is 350 g/mol. The van der Waals surface area contributed by atoms with Crippen LogP contribution >= 0.6 is 0 Å². The molecular weight excluding hydrogens is 332 g/mol. The van der Waals surface area contributed by atoms with Gasteiger partial charge in [0.2, 0.25) is 0 Å². The van der Waals surface area contributed by atoms with Crippen LogP contribution in [0.5, 0.6) is 5.75 Å². The van der Waals surface area contributed by atoms with Crippen molar-refractivity contribution in [3.05, 3.63) is 77.4 Å². The third-order valence-corrected chi connectivity index (χ3v) is 4.02. The molecule has 0 aliphatic heterocycles. The zero-order valence-electron chi connectivity index (χ0n) is 14.3. The zero-order valence-corrected chi connectivity index (χ0v) is 14.3. The van der Waals surface area contributed by atoms with E-state index in [2.05, 4.69) is 0 Å². The number of esters is 1. The van der Waals surface area contributed by atoms with Gasteiger partial charge < -0.3 is 14.6 Å². The second kappa shape index (κ2) is 7.70. The van der Waals surface area contributed by atoms with Crippen LogP contribution in [0.1, 0.15) is 21.5 Å². The zero-order chi connectivity index (χ0) is 18.5. The number of carboxylic acid groups (broad SMARTS) is 1. The fraction of sp³-hybridized carbons (Fsp3) is 0.143. The molecule has 0 heterocycles. The molecule has 3 aromatic rings. The molecule has 0 unspecified atom stereocenters. The lowest BCUT2D eigenvalue weighted by Gasteiger charge is -2.11. The normalized spacial score (nSPS) is 10.5. The molecule has 0 aliphatic rings. The Bertz CT molecular complexity index is 947. The van der Waals surface area contributed by atoms with E-state index in [1.54, 1.807) is 24.3 Å². The predicted molar refractivity (Wildman–Crippen MR) is 97.4 cm³/mol. The summed E-state index contributed by atoms with van der Waals surface area (Å²) in [5.74, 6) is -0.823. The Labute approximate surface area is 150 Å².